The van der Waals surface area contributed by atoms with E-state index in [-0.39, 0.29) is 11.3 Å². The molecule has 0 aliphatic heterocycles. The first kappa shape index (κ1) is 12.6. The summed E-state index contributed by atoms with van der Waals surface area (Å²) in [5, 5.41) is 23.0. The smallest absolute Gasteiger partial charge is 0.321 e. The fraction of sp³-hybridized carbons (Fsp3) is 0.429. The van der Waals surface area contributed by atoms with Crippen LogP contribution in [0.2, 0.25) is 0 Å². The van der Waals surface area contributed by atoms with Gasteiger partial charge in [-0.3, -0.25) is 9.89 Å². The topological polar surface area (TPSA) is 132 Å². The molecule has 0 bridgehead atoms. The number of hydrogen-bond acceptors (Lipinski definition) is 5. The Morgan fingerprint density at radius 3 is 2.75 bits per heavy atom. The summed E-state index contributed by atoms with van der Waals surface area (Å²) < 4.78 is 25.1. The highest BCUT2D eigenvalue weighted by atomic mass is 32.2. The largest absolute Gasteiger partial charge is 0.480 e. The molecule has 1 aromatic rings. The van der Waals surface area contributed by atoms with Crippen molar-refractivity contribution in [2.24, 2.45) is 0 Å². The molecule has 8 nitrogen and oxygen atoms in total. The number of rotatable bonds is 6. The molecule has 0 aliphatic rings. The van der Waals surface area contributed by atoms with Gasteiger partial charge in [0, 0.05) is 12.8 Å². The maximum absolute atomic E-state index is 11.6. The standard InChI is InChI=1S/C7H11N3O5S/c11-2-1-6(7(12)13)10-16(14,15)5-3-8-9-4-5/h3-4,6,10-11H,1-2H2,(H,8,9)(H,12,13)/t6-/m0/s1. The van der Waals surface area contributed by atoms with Crippen LogP contribution in [0.1, 0.15) is 6.42 Å². The Hall–Kier alpha value is -1.45. The van der Waals surface area contributed by atoms with Crippen LogP contribution in [-0.2, 0) is 14.8 Å². The third-order valence-corrected chi connectivity index (χ3v) is 3.24. The van der Waals surface area contributed by atoms with Crippen molar-refractivity contribution < 1.29 is 23.4 Å². The second kappa shape index (κ2) is 5.05. The number of aromatic nitrogens is 2. The number of aromatic amines is 1. The van der Waals surface area contributed by atoms with Crippen LogP contribution in [0.15, 0.2) is 17.3 Å². The molecule has 9 heteroatoms. The van der Waals surface area contributed by atoms with E-state index in [0.717, 1.165) is 12.4 Å². The summed E-state index contributed by atoms with van der Waals surface area (Å²) in [7, 11) is -3.92. The molecule has 1 heterocycles. The van der Waals surface area contributed by atoms with E-state index in [2.05, 4.69) is 10.2 Å². The van der Waals surface area contributed by atoms with Gasteiger partial charge in [0.2, 0.25) is 10.0 Å². The van der Waals surface area contributed by atoms with Crippen LogP contribution in [0.3, 0.4) is 0 Å². The molecule has 1 atom stereocenters. The SMILES string of the molecule is O=C(O)[C@H](CCO)NS(=O)(=O)c1cn[nH]c1. The summed E-state index contributed by atoms with van der Waals surface area (Å²) in [5.74, 6) is -1.35. The normalized spacial score (nSPS) is 13.6. The van der Waals surface area contributed by atoms with E-state index in [1.165, 1.54) is 0 Å². The summed E-state index contributed by atoms with van der Waals surface area (Å²) in [4.78, 5) is 10.5. The molecule has 1 aromatic heterocycles. The van der Waals surface area contributed by atoms with E-state index in [4.69, 9.17) is 10.2 Å². The average Bonchev–Trinajstić information content (AvgIpc) is 2.69. The van der Waals surface area contributed by atoms with Crippen molar-refractivity contribution in [3.8, 4) is 0 Å². The minimum Gasteiger partial charge on any atom is -0.480 e. The monoisotopic (exact) mass is 249 g/mol. The average molecular weight is 249 g/mol. The molecule has 0 saturated carbocycles. The number of aliphatic hydroxyl groups excluding tert-OH is 1. The quantitative estimate of drug-likeness (QED) is 0.486. The lowest BCUT2D eigenvalue weighted by Gasteiger charge is -2.12. The number of carboxylic acid groups (broad SMARTS) is 1. The molecule has 0 spiro atoms. The minimum atomic E-state index is -3.92. The number of aliphatic hydroxyl groups is 1. The van der Waals surface area contributed by atoms with Gasteiger partial charge in [0.15, 0.2) is 0 Å². The Balaban J connectivity index is 2.82. The second-order valence-corrected chi connectivity index (χ2v) is 4.67. The molecule has 4 N–H and O–H groups in total. The van der Waals surface area contributed by atoms with Gasteiger partial charge < -0.3 is 10.2 Å². The minimum absolute atomic E-state index is 0.156. The van der Waals surface area contributed by atoms with E-state index < -0.39 is 28.6 Å². The Bertz CT molecular complexity index is 441. The molecule has 16 heavy (non-hydrogen) atoms. The summed E-state index contributed by atoms with van der Waals surface area (Å²) >= 11 is 0. The first-order valence-corrected chi connectivity index (χ1v) is 5.80. The molecule has 90 valence electrons. The van der Waals surface area contributed by atoms with E-state index in [1.807, 2.05) is 4.72 Å². The van der Waals surface area contributed by atoms with Gasteiger partial charge in [-0.15, -0.1) is 0 Å². The second-order valence-electron chi connectivity index (χ2n) is 2.96. The molecule has 0 saturated heterocycles. The molecule has 1 rings (SSSR count). The Morgan fingerprint density at radius 2 is 2.31 bits per heavy atom. The predicted octanol–water partition coefficient (Wildman–Crippen LogP) is -1.48. The summed E-state index contributed by atoms with van der Waals surface area (Å²) in [6, 6.07) is -1.36. The van der Waals surface area contributed by atoms with Crippen LogP contribution in [0, 0.1) is 0 Å². The van der Waals surface area contributed by atoms with Crippen molar-refractivity contribution in [1.82, 2.24) is 14.9 Å². The van der Waals surface area contributed by atoms with Crippen molar-refractivity contribution in [3.05, 3.63) is 12.4 Å². The number of carbonyl (C=O) groups is 1. The number of hydrogen-bond donors (Lipinski definition) is 4. The maximum atomic E-state index is 11.6. The van der Waals surface area contributed by atoms with Gasteiger partial charge in [-0.05, 0) is 6.42 Å². The fourth-order valence-electron chi connectivity index (χ4n) is 1.00. The van der Waals surface area contributed by atoms with Crippen LogP contribution in [-0.4, -0.2) is 47.4 Å². The number of carboxylic acids is 1. The highest BCUT2D eigenvalue weighted by Gasteiger charge is 2.25. The summed E-state index contributed by atoms with van der Waals surface area (Å²) in [6.07, 6.45) is 1.98. The van der Waals surface area contributed by atoms with Crippen LogP contribution in [0.25, 0.3) is 0 Å². The summed E-state index contributed by atoms with van der Waals surface area (Å²) in [5.41, 5.74) is 0. The number of sulfonamides is 1. The van der Waals surface area contributed by atoms with E-state index in [0.29, 0.717) is 0 Å². The highest BCUT2D eigenvalue weighted by Crippen LogP contribution is 2.06. The van der Waals surface area contributed by atoms with Gasteiger partial charge in [0.25, 0.3) is 0 Å². The van der Waals surface area contributed by atoms with Crippen molar-refractivity contribution in [2.45, 2.75) is 17.4 Å². The van der Waals surface area contributed by atoms with Gasteiger partial charge in [-0.1, -0.05) is 0 Å². The lowest BCUT2D eigenvalue weighted by Crippen LogP contribution is -2.41. The van der Waals surface area contributed by atoms with Crippen molar-refractivity contribution in [2.75, 3.05) is 6.61 Å². The molecule has 0 amide bonds. The van der Waals surface area contributed by atoms with Gasteiger partial charge in [-0.2, -0.15) is 9.82 Å². The van der Waals surface area contributed by atoms with Crippen LogP contribution >= 0.6 is 0 Å². The van der Waals surface area contributed by atoms with E-state index in [9.17, 15) is 13.2 Å². The number of nitrogens with zero attached hydrogens (tertiary/aromatic N) is 1. The third-order valence-electron chi connectivity index (χ3n) is 1.80. The van der Waals surface area contributed by atoms with Gasteiger partial charge in [0.1, 0.15) is 10.9 Å². The van der Waals surface area contributed by atoms with Gasteiger partial charge >= 0.3 is 5.97 Å². The van der Waals surface area contributed by atoms with Crippen LogP contribution in [0.5, 0.6) is 0 Å². The van der Waals surface area contributed by atoms with Crippen LogP contribution < -0.4 is 4.72 Å². The van der Waals surface area contributed by atoms with Crippen molar-refractivity contribution >= 4 is 16.0 Å². The molecule has 0 radical (unpaired) electrons. The fourth-order valence-corrected chi connectivity index (χ4v) is 2.13. The molecule has 0 aromatic carbocycles. The zero-order valence-corrected chi connectivity index (χ0v) is 8.94. The lowest BCUT2D eigenvalue weighted by molar-refractivity contribution is -0.139. The lowest BCUT2D eigenvalue weighted by atomic mass is 10.2. The molecular weight excluding hydrogens is 238 g/mol. The summed E-state index contributed by atoms with van der Waals surface area (Å²) in [6.45, 7) is -0.426. The Morgan fingerprint density at radius 1 is 1.62 bits per heavy atom. The van der Waals surface area contributed by atoms with Gasteiger partial charge in [-0.25, -0.2) is 8.42 Å². The molecule has 0 unspecified atom stereocenters. The Labute approximate surface area is 91.3 Å². The number of aliphatic carboxylic acids is 1. The number of H-pyrrole nitrogens is 1. The third kappa shape index (κ3) is 3.02. The van der Waals surface area contributed by atoms with Gasteiger partial charge in [0.05, 0.1) is 6.20 Å². The predicted molar refractivity (Wildman–Crippen MR) is 52.0 cm³/mol. The highest BCUT2D eigenvalue weighted by molar-refractivity contribution is 7.89. The van der Waals surface area contributed by atoms with Crippen LogP contribution in [0.4, 0.5) is 0 Å². The first-order chi connectivity index (χ1) is 7.47. The Kier molecular flexibility index (Phi) is 3.99. The maximum Gasteiger partial charge on any atom is 0.321 e. The zero-order valence-electron chi connectivity index (χ0n) is 8.12. The van der Waals surface area contributed by atoms with Crippen molar-refractivity contribution in [3.63, 3.8) is 0 Å². The number of nitrogens with one attached hydrogen (secondary N) is 2. The zero-order chi connectivity index (χ0) is 12.2. The molecule has 0 aliphatic carbocycles. The van der Waals surface area contributed by atoms with E-state index >= 15 is 0 Å². The first-order valence-electron chi connectivity index (χ1n) is 4.32. The molecule has 0 fully saturated rings. The molecular formula is C7H11N3O5S. The van der Waals surface area contributed by atoms with Crippen molar-refractivity contribution in [1.29, 1.82) is 0 Å². The van der Waals surface area contributed by atoms with E-state index in [1.54, 1.807) is 0 Å².